The van der Waals surface area contributed by atoms with Gasteiger partial charge in [0.2, 0.25) is 6.41 Å². The lowest BCUT2D eigenvalue weighted by Crippen LogP contribution is -2.26. The van der Waals surface area contributed by atoms with Gasteiger partial charge >= 0.3 is 12.2 Å². The molecule has 0 saturated heterocycles. The molecule has 0 spiro atoms. The molecule has 172 valence electrons. The Morgan fingerprint density at radius 3 is 2.56 bits per heavy atom. The summed E-state index contributed by atoms with van der Waals surface area (Å²) in [7, 11) is 2.79. The average molecular weight is 471 g/mol. The Bertz CT molecular complexity index is 1060. The van der Waals surface area contributed by atoms with Gasteiger partial charge in [-0.05, 0) is 38.1 Å². The Morgan fingerprint density at radius 2 is 2.00 bits per heavy atom. The third-order valence-electron chi connectivity index (χ3n) is 4.22. The van der Waals surface area contributed by atoms with Crippen molar-refractivity contribution in [2.75, 3.05) is 19.0 Å². The van der Waals surface area contributed by atoms with Crippen LogP contribution >= 0.6 is 11.6 Å². The van der Waals surface area contributed by atoms with E-state index in [1.165, 1.54) is 30.8 Å². The van der Waals surface area contributed by atoms with Crippen LogP contribution in [-0.4, -0.2) is 36.0 Å². The number of halogens is 4. The van der Waals surface area contributed by atoms with Crippen molar-refractivity contribution in [3.05, 3.63) is 58.3 Å². The molecule has 0 bridgehead atoms. The van der Waals surface area contributed by atoms with E-state index in [9.17, 15) is 22.8 Å². The van der Waals surface area contributed by atoms with Gasteiger partial charge in [-0.25, -0.2) is 0 Å². The number of benzene rings is 1. The molecule has 1 N–H and O–H groups in total. The van der Waals surface area contributed by atoms with Crippen molar-refractivity contribution < 1.29 is 27.5 Å². The molecule has 7 nitrogen and oxygen atoms in total. The summed E-state index contributed by atoms with van der Waals surface area (Å²) in [5.41, 5.74) is -0.159. The zero-order valence-electron chi connectivity index (χ0n) is 17.8. The SMILES string of the molecule is CNC(=O)c1c(N(C)C=O)nc(Oc2cccc(C(F)(F)F)c2)n1C/C(C)=C/C=C(\C)Cl. The Morgan fingerprint density at radius 1 is 1.31 bits per heavy atom. The number of anilines is 1. The molecule has 1 aromatic carbocycles. The van der Waals surface area contributed by atoms with Crippen LogP contribution in [0.25, 0.3) is 0 Å². The van der Waals surface area contributed by atoms with E-state index in [0.717, 1.165) is 22.6 Å². The molecule has 0 unspecified atom stereocenters. The summed E-state index contributed by atoms with van der Waals surface area (Å²) >= 11 is 5.85. The van der Waals surface area contributed by atoms with E-state index in [0.29, 0.717) is 11.4 Å². The van der Waals surface area contributed by atoms with Gasteiger partial charge in [-0.3, -0.25) is 14.2 Å². The predicted octanol–water partition coefficient (Wildman–Crippen LogP) is 4.74. The molecule has 2 aromatic rings. The third kappa shape index (κ3) is 6.13. The number of aromatic nitrogens is 2. The molecule has 1 aromatic heterocycles. The number of alkyl halides is 3. The van der Waals surface area contributed by atoms with Crippen molar-refractivity contribution in [2.24, 2.45) is 0 Å². The molecule has 11 heteroatoms. The van der Waals surface area contributed by atoms with Crippen LogP contribution in [0, 0.1) is 0 Å². The first kappa shape index (κ1) is 25.0. The van der Waals surface area contributed by atoms with Crippen molar-refractivity contribution in [3.8, 4) is 11.8 Å². The zero-order chi connectivity index (χ0) is 24.1. The highest BCUT2D eigenvalue weighted by atomic mass is 35.5. The number of rotatable bonds is 8. The summed E-state index contributed by atoms with van der Waals surface area (Å²) in [6, 6.07) is 4.10. The van der Waals surface area contributed by atoms with Gasteiger partial charge in [-0.15, -0.1) is 0 Å². The summed E-state index contributed by atoms with van der Waals surface area (Å²) in [5, 5.41) is 3.00. The molecule has 0 radical (unpaired) electrons. The smallest absolute Gasteiger partial charge is 0.416 e. The van der Waals surface area contributed by atoms with Crippen LogP contribution in [0.4, 0.5) is 19.0 Å². The highest BCUT2D eigenvalue weighted by Crippen LogP contribution is 2.34. The Hall–Kier alpha value is -3.27. The number of imidazole rings is 1. The molecule has 2 rings (SSSR count). The number of hydrogen-bond acceptors (Lipinski definition) is 4. The van der Waals surface area contributed by atoms with Gasteiger partial charge in [0.15, 0.2) is 11.5 Å². The standard InChI is InChI=1S/C21H22ClF3N4O3/c1-13(8-9-14(2)22)11-29-17(19(31)26-3)18(28(4)12-30)27-20(29)32-16-7-5-6-15(10-16)21(23,24)25/h5-10,12H,11H2,1-4H3,(H,26,31)/b13-8+,14-9+. The maximum atomic E-state index is 13.1. The highest BCUT2D eigenvalue weighted by Gasteiger charge is 2.31. The van der Waals surface area contributed by atoms with Crippen LogP contribution in [0.15, 0.2) is 47.0 Å². The molecule has 0 aliphatic carbocycles. The van der Waals surface area contributed by atoms with E-state index in [1.807, 2.05) is 0 Å². The number of amides is 2. The van der Waals surface area contributed by atoms with E-state index in [1.54, 1.807) is 26.0 Å². The number of nitrogens with one attached hydrogen (secondary N) is 1. The van der Waals surface area contributed by atoms with Crippen LogP contribution in [0.3, 0.4) is 0 Å². The number of allylic oxidation sites excluding steroid dienone is 4. The minimum atomic E-state index is -4.56. The zero-order valence-corrected chi connectivity index (χ0v) is 18.6. The number of ether oxygens (including phenoxy) is 1. The first-order chi connectivity index (χ1) is 15.0. The first-order valence-electron chi connectivity index (χ1n) is 9.33. The summed E-state index contributed by atoms with van der Waals surface area (Å²) in [6.45, 7) is 3.55. The molecule has 1 heterocycles. The van der Waals surface area contributed by atoms with Crippen molar-refractivity contribution in [1.82, 2.24) is 14.9 Å². The van der Waals surface area contributed by atoms with Gasteiger partial charge in [-0.2, -0.15) is 18.2 Å². The van der Waals surface area contributed by atoms with Crippen LogP contribution in [0.5, 0.6) is 11.8 Å². The molecular weight excluding hydrogens is 449 g/mol. The quantitative estimate of drug-likeness (QED) is 0.447. The van der Waals surface area contributed by atoms with E-state index >= 15 is 0 Å². The molecule has 0 saturated carbocycles. The fraction of sp³-hybridized carbons (Fsp3) is 0.286. The first-order valence-corrected chi connectivity index (χ1v) is 9.71. The van der Waals surface area contributed by atoms with Crippen LogP contribution in [0.1, 0.15) is 29.9 Å². The Balaban J connectivity index is 2.63. The highest BCUT2D eigenvalue weighted by molar-refractivity contribution is 6.29. The van der Waals surface area contributed by atoms with Gasteiger partial charge in [-0.1, -0.05) is 29.3 Å². The van der Waals surface area contributed by atoms with Gasteiger partial charge in [0.05, 0.1) is 5.56 Å². The van der Waals surface area contributed by atoms with Crippen LogP contribution < -0.4 is 15.0 Å². The lowest BCUT2D eigenvalue weighted by molar-refractivity contribution is -0.137. The summed E-state index contributed by atoms with van der Waals surface area (Å²) < 4.78 is 46.3. The van der Waals surface area contributed by atoms with E-state index in [-0.39, 0.29) is 29.8 Å². The minimum Gasteiger partial charge on any atom is -0.425 e. The van der Waals surface area contributed by atoms with Crippen LogP contribution in [0.2, 0.25) is 0 Å². The summed E-state index contributed by atoms with van der Waals surface area (Å²) in [4.78, 5) is 29.2. The summed E-state index contributed by atoms with van der Waals surface area (Å²) in [6.07, 6.45) is -0.738. The van der Waals surface area contributed by atoms with Gasteiger partial charge in [0.25, 0.3) is 5.91 Å². The van der Waals surface area contributed by atoms with E-state index in [2.05, 4.69) is 10.3 Å². The number of carbonyl (C=O) groups excluding carboxylic acids is 2. The average Bonchev–Trinajstić information content (AvgIpc) is 3.08. The summed E-state index contributed by atoms with van der Waals surface area (Å²) in [5.74, 6) is -0.705. The molecule has 0 fully saturated rings. The maximum Gasteiger partial charge on any atom is 0.416 e. The van der Waals surface area contributed by atoms with Crippen molar-refractivity contribution in [1.29, 1.82) is 0 Å². The van der Waals surface area contributed by atoms with Crippen LogP contribution in [-0.2, 0) is 17.5 Å². The van der Waals surface area contributed by atoms with E-state index in [4.69, 9.17) is 16.3 Å². The predicted molar refractivity (Wildman–Crippen MR) is 115 cm³/mol. The normalized spacial score (nSPS) is 12.5. The van der Waals surface area contributed by atoms with E-state index < -0.39 is 17.6 Å². The topological polar surface area (TPSA) is 76.5 Å². The molecule has 0 aliphatic rings. The van der Waals surface area contributed by atoms with Crippen molar-refractivity contribution in [3.63, 3.8) is 0 Å². The van der Waals surface area contributed by atoms with Gasteiger partial charge < -0.3 is 15.0 Å². The number of hydrogen-bond donors (Lipinski definition) is 1. The van der Waals surface area contributed by atoms with Crippen molar-refractivity contribution in [2.45, 2.75) is 26.6 Å². The second-order valence-corrected chi connectivity index (χ2v) is 7.44. The fourth-order valence-electron chi connectivity index (χ4n) is 2.68. The number of carbonyl (C=O) groups is 2. The molecular formula is C21H22ClF3N4O3. The molecule has 2 amide bonds. The monoisotopic (exact) mass is 470 g/mol. The fourth-order valence-corrected chi connectivity index (χ4v) is 2.75. The Kier molecular flexibility index (Phi) is 8.09. The molecule has 0 aliphatic heterocycles. The Labute approximate surface area is 188 Å². The minimum absolute atomic E-state index is 0.00315. The van der Waals surface area contributed by atoms with Crippen molar-refractivity contribution >= 4 is 29.7 Å². The largest absolute Gasteiger partial charge is 0.425 e. The second kappa shape index (κ2) is 10.4. The number of nitrogens with zero attached hydrogens (tertiary/aromatic N) is 3. The van der Waals surface area contributed by atoms with Gasteiger partial charge in [0, 0.05) is 25.7 Å². The molecule has 32 heavy (non-hydrogen) atoms. The third-order valence-corrected chi connectivity index (χ3v) is 4.35. The van der Waals surface area contributed by atoms with Gasteiger partial charge in [0.1, 0.15) is 5.75 Å². The lowest BCUT2D eigenvalue weighted by atomic mass is 10.2. The second-order valence-electron chi connectivity index (χ2n) is 6.84. The molecule has 0 atom stereocenters. The lowest BCUT2D eigenvalue weighted by Gasteiger charge is -2.14. The maximum absolute atomic E-state index is 13.1.